The van der Waals surface area contributed by atoms with Crippen LogP contribution in [0.15, 0.2) is 24.3 Å². The zero-order valence-corrected chi connectivity index (χ0v) is 21.4. The van der Waals surface area contributed by atoms with Crippen molar-refractivity contribution < 1.29 is 19.2 Å². The topological polar surface area (TPSA) is 111 Å². The second kappa shape index (κ2) is 11.9. The molecule has 0 aliphatic carbocycles. The summed E-state index contributed by atoms with van der Waals surface area (Å²) >= 11 is 0. The van der Waals surface area contributed by atoms with Crippen molar-refractivity contribution >= 4 is 23.6 Å². The van der Waals surface area contributed by atoms with E-state index in [9.17, 15) is 19.2 Å². The summed E-state index contributed by atoms with van der Waals surface area (Å²) in [6.07, 6.45) is 6.78. The second-order valence-electron chi connectivity index (χ2n) is 10.3. The van der Waals surface area contributed by atoms with E-state index in [0.717, 1.165) is 57.2 Å². The Kier molecular flexibility index (Phi) is 8.61. The third-order valence-electron chi connectivity index (χ3n) is 7.81. The molecule has 3 aliphatic heterocycles. The lowest BCUT2D eigenvalue weighted by Gasteiger charge is -2.35. The molecular formula is C27H39N5O4. The summed E-state index contributed by atoms with van der Waals surface area (Å²) in [5.41, 5.74) is 1.49. The summed E-state index contributed by atoms with van der Waals surface area (Å²) in [6.45, 7) is 3.64. The fourth-order valence-electron chi connectivity index (χ4n) is 5.57. The minimum absolute atomic E-state index is 0.0242. The minimum Gasteiger partial charge on any atom is -0.350 e. The van der Waals surface area contributed by atoms with E-state index >= 15 is 0 Å². The van der Waals surface area contributed by atoms with Crippen LogP contribution in [0.3, 0.4) is 0 Å². The van der Waals surface area contributed by atoms with Crippen molar-refractivity contribution in [1.82, 2.24) is 25.8 Å². The molecule has 9 heteroatoms. The monoisotopic (exact) mass is 497 g/mol. The Bertz CT molecular complexity index is 977. The first-order valence-electron chi connectivity index (χ1n) is 13.3. The maximum atomic E-state index is 13.5. The van der Waals surface area contributed by atoms with Gasteiger partial charge in [0.2, 0.25) is 17.7 Å². The fraction of sp³-hybridized carbons (Fsp3) is 0.630. The zero-order valence-electron chi connectivity index (χ0n) is 21.4. The zero-order chi connectivity index (χ0) is 25.7. The van der Waals surface area contributed by atoms with Gasteiger partial charge in [-0.1, -0.05) is 25.0 Å². The van der Waals surface area contributed by atoms with E-state index in [1.807, 2.05) is 29.2 Å². The SMILES string of the molecule is CNC(C)C(=O)NC1CCCCC2CCC(C(=O)NCc3cccc(C(=O)N4CCCC4)c3)N2C1=O. The van der Waals surface area contributed by atoms with Crippen molar-refractivity contribution in [2.45, 2.75) is 89.0 Å². The van der Waals surface area contributed by atoms with Crippen LogP contribution in [0.4, 0.5) is 0 Å². The molecule has 0 aromatic heterocycles. The normalized spacial score (nSPS) is 25.1. The molecule has 0 radical (unpaired) electrons. The average Bonchev–Trinajstić information content (AvgIpc) is 3.57. The molecule has 3 saturated heterocycles. The number of hydrogen-bond acceptors (Lipinski definition) is 5. The predicted molar refractivity (Wildman–Crippen MR) is 136 cm³/mol. The molecule has 1 aromatic rings. The van der Waals surface area contributed by atoms with Crippen molar-refractivity contribution in [2.24, 2.45) is 0 Å². The summed E-state index contributed by atoms with van der Waals surface area (Å²) in [4.78, 5) is 55.6. The van der Waals surface area contributed by atoms with Crippen LogP contribution in [0.1, 0.15) is 74.2 Å². The van der Waals surface area contributed by atoms with Crippen molar-refractivity contribution in [3.8, 4) is 0 Å². The number of nitrogens with zero attached hydrogens (tertiary/aromatic N) is 2. The molecule has 3 fully saturated rings. The molecule has 9 nitrogen and oxygen atoms in total. The highest BCUT2D eigenvalue weighted by Crippen LogP contribution is 2.31. The van der Waals surface area contributed by atoms with Crippen LogP contribution in [0.2, 0.25) is 0 Å². The van der Waals surface area contributed by atoms with Crippen LogP contribution < -0.4 is 16.0 Å². The molecule has 0 saturated carbocycles. The van der Waals surface area contributed by atoms with Gasteiger partial charge in [-0.25, -0.2) is 0 Å². The highest BCUT2D eigenvalue weighted by atomic mass is 16.2. The third-order valence-corrected chi connectivity index (χ3v) is 7.81. The molecule has 3 N–H and O–H groups in total. The highest BCUT2D eigenvalue weighted by Gasteiger charge is 2.43. The molecule has 4 rings (SSSR count). The van der Waals surface area contributed by atoms with Gasteiger partial charge in [0.25, 0.3) is 5.91 Å². The van der Waals surface area contributed by atoms with Crippen molar-refractivity contribution in [2.75, 3.05) is 20.1 Å². The van der Waals surface area contributed by atoms with Crippen LogP contribution in [0, 0.1) is 0 Å². The number of likely N-dealkylation sites (tertiary alicyclic amines) is 1. The summed E-state index contributed by atoms with van der Waals surface area (Å²) in [6, 6.07) is 5.87. The molecule has 1 aromatic carbocycles. The van der Waals surface area contributed by atoms with Gasteiger partial charge in [0.1, 0.15) is 12.1 Å². The molecule has 4 amide bonds. The molecule has 36 heavy (non-hydrogen) atoms. The van der Waals surface area contributed by atoms with Gasteiger partial charge in [0.05, 0.1) is 6.04 Å². The molecule has 3 aliphatic rings. The standard InChI is InChI=1S/C27H39N5O4/c1-18(28-2)24(33)30-22-11-4-3-10-21-12-13-23(32(21)27(22)36)25(34)29-17-19-8-7-9-20(16-19)26(35)31-14-5-6-15-31/h7-9,16,18,21-23,28H,3-6,10-15,17H2,1-2H3,(H,29,34)(H,30,33). The van der Waals surface area contributed by atoms with E-state index in [1.54, 1.807) is 18.9 Å². The number of fused-ring (bicyclic) bond motifs is 1. The Balaban J connectivity index is 1.40. The summed E-state index contributed by atoms with van der Waals surface area (Å²) in [7, 11) is 1.71. The van der Waals surface area contributed by atoms with Crippen LogP contribution in [-0.2, 0) is 20.9 Å². The maximum Gasteiger partial charge on any atom is 0.253 e. The molecule has 3 heterocycles. The maximum absolute atomic E-state index is 13.5. The highest BCUT2D eigenvalue weighted by molar-refractivity contribution is 5.95. The first-order chi connectivity index (χ1) is 17.4. The number of carbonyl (C=O) groups excluding carboxylic acids is 4. The molecule has 0 spiro atoms. The molecular weight excluding hydrogens is 458 g/mol. The lowest BCUT2D eigenvalue weighted by Crippen LogP contribution is -2.57. The van der Waals surface area contributed by atoms with Gasteiger partial charge in [-0.2, -0.15) is 0 Å². The number of rotatable bonds is 7. The number of nitrogens with one attached hydrogen (secondary N) is 3. The quantitative estimate of drug-likeness (QED) is 0.530. The first kappa shape index (κ1) is 26.1. The molecule has 196 valence electrons. The first-order valence-corrected chi connectivity index (χ1v) is 13.3. The van der Waals surface area contributed by atoms with Crippen molar-refractivity contribution in [1.29, 1.82) is 0 Å². The van der Waals surface area contributed by atoms with Crippen molar-refractivity contribution in [3.63, 3.8) is 0 Å². The van der Waals surface area contributed by atoms with E-state index in [4.69, 9.17) is 0 Å². The summed E-state index contributed by atoms with van der Waals surface area (Å²) in [5, 5.41) is 8.80. The number of benzene rings is 1. The van der Waals surface area contributed by atoms with Gasteiger partial charge >= 0.3 is 0 Å². The number of hydrogen-bond donors (Lipinski definition) is 3. The van der Waals surface area contributed by atoms with Crippen LogP contribution in [-0.4, -0.2) is 77.7 Å². The molecule has 0 bridgehead atoms. The summed E-state index contributed by atoms with van der Waals surface area (Å²) < 4.78 is 0. The van der Waals surface area contributed by atoms with Gasteiger partial charge in [-0.3, -0.25) is 19.2 Å². The summed E-state index contributed by atoms with van der Waals surface area (Å²) in [5.74, 6) is -0.522. The lowest BCUT2D eigenvalue weighted by atomic mass is 9.98. The number of likely N-dealkylation sites (N-methyl/N-ethyl adjacent to an activating group) is 1. The van der Waals surface area contributed by atoms with Crippen LogP contribution in [0.5, 0.6) is 0 Å². The van der Waals surface area contributed by atoms with E-state index < -0.39 is 18.1 Å². The molecule has 4 atom stereocenters. The van der Waals surface area contributed by atoms with Gasteiger partial charge in [0, 0.05) is 31.2 Å². The lowest BCUT2D eigenvalue weighted by molar-refractivity contribution is -0.144. The smallest absolute Gasteiger partial charge is 0.253 e. The Morgan fingerprint density at radius 3 is 2.53 bits per heavy atom. The Morgan fingerprint density at radius 1 is 1.03 bits per heavy atom. The Morgan fingerprint density at radius 2 is 1.78 bits per heavy atom. The second-order valence-corrected chi connectivity index (χ2v) is 10.3. The number of amides is 4. The Hall–Kier alpha value is -2.94. The fourth-order valence-corrected chi connectivity index (χ4v) is 5.57. The Labute approximate surface area is 213 Å². The van der Waals surface area contributed by atoms with E-state index in [-0.39, 0.29) is 29.7 Å². The average molecular weight is 498 g/mol. The van der Waals surface area contributed by atoms with Crippen molar-refractivity contribution in [3.05, 3.63) is 35.4 Å². The predicted octanol–water partition coefficient (Wildman–Crippen LogP) is 1.57. The van der Waals surface area contributed by atoms with E-state index in [1.165, 1.54) is 0 Å². The number of carbonyl (C=O) groups is 4. The van der Waals surface area contributed by atoms with Crippen LogP contribution >= 0.6 is 0 Å². The van der Waals surface area contributed by atoms with Gasteiger partial charge in [-0.15, -0.1) is 0 Å². The van der Waals surface area contributed by atoms with Gasteiger partial charge in [0.15, 0.2) is 0 Å². The van der Waals surface area contributed by atoms with Gasteiger partial charge in [-0.05, 0) is 70.2 Å². The van der Waals surface area contributed by atoms with Crippen LogP contribution in [0.25, 0.3) is 0 Å². The van der Waals surface area contributed by atoms with Gasteiger partial charge < -0.3 is 25.8 Å². The van der Waals surface area contributed by atoms with E-state index in [2.05, 4.69) is 16.0 Å². The minimum atomic E-state index is -0.613. The van der Waals surface area contributed by atoms with E-state index in [0.29, 0.717) is 24.9 Å². The largest absolute Gasteiger partial charge is 0.350 e. The third kappa shape index (κ3) is 5.88. The molecule has 4 unspecified atom stereocenters.